The Morgan fingerprint density at radius 3 is 2.00 bits per heavy atom. The van der Waals surface area contributed by atoms with Gasteiger partial charge in [-0.2, -0.15) is 5.26 Å². The van der Waals surface area contributed by atoms with Crippen LogP contribution in [0.3, 0.4) is 0 Å². The number of para-hydroxylation sites is 2. The third-order valence-corrected chi connectivity index (χ3v) is 2.63. The summed E-state index contributed by atoms with van der Waals surface area (Å²) < 4.78 is 11.3. The molecule has 0 atom stereocenters. The van der Waals surface area contributed by atoms with Gasteiger partial charge >= 0.3 is 7.12 Å². The molecular weight excluding hydrogens is 213 g/mol. The van der Waals surface area contributed by atoms with Crippen molar-refractivity contribution in [3.63, 3.8) is 0 Å². The molecule has 80 valence electrons. The molecule has 0 spiro atoms. The van der Waals surface area contributed by atoms with Crippen LogP contribution in [-0.4, -0.2) is 7.12 Å². The van der Waals surface area contributed by atoms with Gasteiger partial charge in [0.2, 0.25) is 0 Å². The maximum atomic E-state index is 8.72. The second-order valence-electron chi connectivity index (χ2n) is 3.75. The van der Waals surface area contributed by atoms with Crippen molar-refractivity contribution < 1.29 is 9.31 Å². The van der Waals surface area contributed by atoms with Gasteiger partial charge in [0.25, 0.3) is 0 Å². The highest BCUT2D eigenvalue weighted by Gasteiger charge is 2.33. The van der Waals surface area contributed by atoms with Gasteiger partial charge in [-0.1, -0.05) is 24.3 Å². The second kappa shape index (κ2) is 3.87. The van der Waals surface area contributed by atoms with Crippen molar-refractivity contribution in [3.05, 3.63) is 54.1 Å². The average molecular weight is 221 g/mol. The summed E-state index contributed by atoms with van der Waals surface area (Å²) in [7, 11) is -0.417. The molecule has 1 heterocycles. The third-order valence-electron chi connectivity index (χ3n) is 2.63. The van der Waals surface area contributed by atoms with E-state index in [0.29, 0.717) is 5.56 Å². The molecule has 17 heavy (non-hydrogen) atoms. The standard InChI is InChI=1S/C13H8BNO2/c15-9-10-5-7-11(8-6-10)14-16-12-3-1-2-4-13(12)17-14/h1-8H. The summed E-state index contributed by atoms with van der Waals surface area (Å²) in [5, 5.41) is 8.72. The Balaban J connectivity index is 1.87. The Morgan fingerprint density at radius 1 is 0.882 bits per heavy atom. The molecule has 3 nitrogen and oxygen atoms in total. The van der Waals surface area contributed by atoms with E-state index in [1.54, 1.807) is 12.1 Å². The number of hydrogen-bond acceptors (Lipinski definition) is 3. The minimum absolute atomic E-state index is 0.417. The zero-order valence-electron chi connectivity index (χ0n) is 8.96. The maximum absolute atomic E-state index is 8.72. The molecule has 0 fully saturated rings. The van der Waals surface area contributed by atoms with Crippen molar-refractivity contribution in [1.29, 1.82) is 5.26 Å². The number of fused-ring (bicyclic) bond motifs is 1. The fourth-order valence-electron chi connectivity index (χ4n) is 1.75. The van der Waals surface area contributed by atoms with Crippen molar-refractivity contribution in [2.75, 3.05) is 0 Å². The highest BCUT2D eigenvalue weighted by Crippen LogP contribution is 2.32. The normalized spacial score (nSPS) is 12.3. The lowest BCUT2D eigenvalue weighted by atomic mass is 9.79. The molecular formula is C13H8BNO2. The van der Waals surface area contributed by atoms with Crippen LogP contribution in [-0.2, 0) is 0 Å². The van der Waals surface area contributed by atoms with E-state index in [9.17, 15) is 0 Å². The van der Waals surface area contributed by atoms with Gasteiger partial charge in [-0.3, -0.25) is 0 Å². The molecule has 0 aliphatic carbocycles. The van der Waals surface area contributed by atoms with E-state index in [0.717, 1.165) is 17.0 Å². The first-order valence-corrected chi connectivity index (χ1v) is 5.29. The predicted molar refractivity (Wildman–Crippen MR) is 64.2 cm³/mol. The topological polar surface area (TPSA) is 42.2 Å². The lowest BCUT2D eigenvalue weighted by molar-refractivity contribution is 0.519. The Morgan fingerprint density at radius 2 is 1.47 bits per heavy atom. The summed E-state index contributed by atoms with van der Waals surface area (Å²) in [4.78, 5) is 0. The van der Waals surface area contributed by atoms with Crippen molar-refractivity contribution in [2.45, 2.75) is 0 Å². The molecule has 0 aromatic heterocycles. The molecule has 0 N–H and O–H groups in total. The van der Waals surface area contributed by atoms with E-state index in [4.69, 9.17) is 14.6 Å². The maximum Gasteiger partial charge on any atom is 0.632 e. The van der Waals surface area contributed by atoms with E-state index in [-0.39, 0.29) is 0 Å². The molecule has 0 unspecified atom stereocenters. The van der Waals surface area contributed by atoms with E-state index >= 15 is 0 Å². The molecule has 2 aromatic carbocycles. The van der Waals surface area contributed by atoms with Crippen LogP contribution >= 0.6 is 0 Å². The highest BCUT2D eigenvalue weighted by molar-refractivity contribution is 6.63. The van der Waals surface area contributed by atoms with Crippen molar-refractivity contribution >= 4 is 12.6 Å². The number of hydrogen-bond donors (Lipinski definition) is 0. The van der Waals surface area contributed by atoms with Gasteiger partial charge in [-0.15, -0.1) is 0 Å². The quantitative estimate of drug-likeness (QED) is 0.688. The van der Waals surface area contributed by atoms with Crippen LogP contribution in [0.2, 0.25) is 0 Å². The smallest absolute Gasteiger partial charge is 0.519 e. The second-order valence-corrected chi connectivity index (χ2v) is 3.75. The van der Waals surface area contributed by atoms with Gasteiger partial charge in [0, 0.05) is 5.46 Å². The summed E-state index contributed by atoms with van der Waals surface area (Å²) in [6, 6.07) is 16.8. The van der Waals surface area contributed by atoms with Crippen LogP contribution in [0.4, 0.5) is 0 Å². The Hall–Kier alpha value is -2.41. The van der Waals surface area contributed by atoms with Crippen molar-refractivity contribution in [1.82, 2.24) is 0 Å². The minimum atomic E-state index is -0.417. The van der Waals surface area contributed by atoms with E-state index in [1.165, 1.54) is 0 Å². The van der Waals surface area contributed by atoms with E-state index < -0.39 is 7.12 Å². The molecule has 1 aliphatic rings. The third kappa shape index (κ3) is 1.72. The zero-order chi connectivity index (χ0) is 11.7. The first kappa shape index (κ1) is 9.80. The monoisotopic (exact) mass is 221 g/mol. The van der Waals surface area contributed by atoms with Gasteiger partial charge in [-0.25, -0.2) is 0 Å². The number of nitrogens with zero attached hydrogens (tertiary/aromatic N) is 1. The summed E-state index contributed by atoms with van der Waals surface area (Å²) >= 11 is 0. The van der Waals surface area contributed by atoms with Crippen molar-refractivity contribution in [3.8, 4) is 17.6 Å². The molecule has 0 saturated carbocycles. The number of nitriles is 1. The van der Waals surface area contributed by atoms with Crippen LogP contribution in [0.15, 0.2) is 48.5 Å². The molecule has 0 bridgehead atoms. The molecule has 0 amide bonds. The summed E-state index contributed by atoms with van der Waals surface area (Å²) in [6.45, 7) is 0. The van der Waals surface area contributed by atoms with E-state index in [1.807, 2.05) is 36.4 Å². The van der Waals surface area contributed by atoms with Gasteiger partial charge < -0.3 is 9.31 Å². The molecule has 0 radical (unpaired) electrons. The fraction of sp³-hybridized carbons (Fsp3) is 0. The Kier molecular flexibility index (Phi) is 2.23. The average Bonchev–Trinajstić information content (AvgIpc) is 2.82. The number of rotatable bonds is 1. The first-order valence-electron chi connectivity index (χ1n) is 5.29. The van der Waals surface area contributed by atoms with E-state index in [2.05, 4.69) is 6.07 Å². The van der Waals surface area contributed by atoms with Crippen LogP contribution in [0, 0.1) is 11.3 Å². The van der Waals surface area contributed by atoms with Gasteiger partial charge in [-0.05, 0) is 24.3 Å². The molecule has 0 saturated heterocycles. The predicted octanol–water partition coefficient (Wildman–Crippen LogP) is 1.72. The molecule has 3 rings (SSSR count). The highest BCUT2D eigenvalue weighted by atomic mass is 16.6. The summed E-state index contributed by atoms with van der Waals surface area (Å²) in [5.74, 6) is 1.50. The van der Waals surface area contributed by atoms with Crippen LogP contribution in [0.1, 0.15) is 5.56 Å². The van der Waals surface area contributed by atoms with Gasteiger partial charge in [0.05, 0.1) is 11.6 Å². The molecule has 1 aliphatic heterocycles. The summed E-state index contributed by atoms with van der Waals surface area (Å²) in [5.41, 5.74) is 1.53. The Bertz CT molecular complexity index is 564. The Labute approximate surface area is 99.4 Å². The lowest BCUT2D eigenvalue weighted by Crippen LogP contribution is -2.38. The lowest BCUT2D eigenvalue weighted by Gasteiger charge is -2.04. The van der Waals surface area contributed by atoms with Crippen LogP contribution in [0.5, 0.6) is 11.5 Å². The summed E-state index contributed by atoms with van der Waals surface area (Å²) in [6.07, 6.45) is 0. The van der Waals surface area contributed by atoms with Crippen molar-refractivity contribution in [2.24, 2.45) is 0 Å². The first-order chi connectivity index (χ1) is 8.36. The molecule has 4 heteroatoms. The molecule has 2 aromatic rings. The fourth-order valence-corrected chi connectivity index (χ4v) is 1.75. The van der Waals surface area contributed by atoms with Crippen LogP contribution < -0.4 is 14.8 Å². The zero-order valence-corrected chi connectivity index (χ0v) is 8.96. The van der Waals surface area contributed by atoms with Crippen LogP contribution in [0.25, 0.3) is 0 Å². The largest absolute Gasteiger partial charge is 0.632 e. The minimum Gasteiger partial charge on any atom is -0.519 e. The number of benzene rings is 2. The van der Waals surface area contributed by atoms with Gasteiger partial charge in [0.15, 0.2) is 0 Å². The SMILES string of the molecule is N#Cc1ccc(B2Oc3ccccc3O2)cc1. The van der Waals surface area contributed by atoms with Gasteiger partial charge in [0.1, 0.15) is 11.5 Å².